The molecule has 0 saturated heterocycles. The number of rotatable bonds is 9. The summed E-state index contributed by atoms with van der Waals surface area (Å²) < 4.78 is 0. The fourth-order valence-corrected chi connectivity index (χ4v) is 1.38. The summed E-state index contributed by atoms with van der Waals surface area (Å²) in [6, 6.07) is 0. The number of hydrogen-bond donors (Lipinski definition) is 1. The molecule has 0 fully saturated rings. The van der Waals surface area contributed by atoms with Crippen LogP contribution in [0.3, 0.4) is 0 Å². The van der Waals surface area contributed by atoms with E-state index in [4.69, 9.17) is 5.73 Å². The average molecular weight is 199 g/mol. The Kier molecular flexibility index (Phi) is 8.19. The maximum absolute atomic E-state index is 10.6. The summed E-state index contributed by atoms with van der Waals surface area (Å²) in [7, 11) is 0. The second-order valence-electron chi connectivity index (χ2n) is 3.79. The Morgan fingerprint density at radius 3 is 1.71 bits per heavy atom. The zero-order valence-corrected chi connectivity index (χ0v) is 9.05. The van der Waals surface area contributed by atoms with Crippen molar-refractivity contribution in [2.75, 3.05) is 0 Å². The fourth-order valence-electron chi connectivity index (χ4n) is 1.38. The van der Waals surface area contributed by atoms with Crippen LogP contribution in [0.1, 0.15) is 58.3 Å². The molecule has 0 atom stereocenters. The quantitative estimate of drug-likeness (QED) is 0.578. The molecule has 0 aliphatic rings. The van der Waals surface area contributed by atoms with Crippen molar-refractivity contribution >= 4 is 11.7 Å². The minimum absolute atomic E-state index is 0.207. The fraction of sp³-hybridized carbons (Fsp3) is 0.818. The van der Waals surface area contributed by atoms with Crippen LogP contribution in [-0.2, 0) is 9.59 Å². The lowest BCUT2D eigenvalue weighted by Gasteiger charge is -1.99. The Morgan fingerprint density at radius 1 is 0.857 bits per heavy atom. The number of primary amides is 1. The molecule has 0 aromatic rings. The molecule has 3 heteroatoms. The topological polar surface area (TPSA) is 60.2 Å². The highest BCUT2D eigenvalue weighted by atomic mass is 16.1. The van der Waals surface area contributed by atoms with Crippen LogP contribution in [0, 0.1) is 0 Å². The number of amides is 1. The molecule has 0 rings (SSSR count). The third-order valence-corrected chi connectivity index (χ3v) is 2.20. The van der Waals surface area contributed by atoms with E-state index in [-0.39, 0.29) is 11.7 Å². The van der Waals surface area contributed by atoms with E-state index in [1.807, 2.05) is 0 Å². The van der Waals surface area contributed by atoms with Gasteiger partial charge in [0.05, 0.1) is 0 Å². The molecule has 82 valence electrons. The normalized spacial score (nSPS) is 10.1. The molecular formula is C11H21NO2. The van der Waals surface area contributed by atoms with E-state index in [0.29, 0.717) is 12.8 Å². The lowest BCUT2D eigenvalue weighted by molar-refractivity contribution is -0.118. The molecular weight excluding hydrogens is 178 g/mol. The van der Waals surface area contributed by atoms with Crippen molar-refractivity contribution in [1.29, 1.82) is 0 Å². The van der Waals surface area contributed by atoms with Gasteiger partial charge in [-0.3, -0.25) is 4.79 Å². The molecule has 0 aliphatic heterocycles. The predicted molar refractivity (Wildman–Crippen MR) is 56.8 cm³/mol. The number of nitrogens with two attached hydrogens (primary N) is 1. The smallest absolute Gasteiger partial charge is 0.217 e. The van der Waals surface area contributed by atoms with Crippen LogP contribution in [-0.4, -0.2) is 11.7 Å². The molecule has 0 heterocycles. The monoisotopic (exact) mass is 199 g/mol. The highest BCUT2D eigenvalue weighted by Crippen LogP contribution is 2.08. The summed E-state index contributed by atoms with van der Waals surface area (Å²) in [4.78, 5) is 21.0. The van der Waals surface area contributed by atoms with Gasteiger partial charge in [0.25, 0.3) is 0 Å². The molecule has 1 amide bonds. The number of hydrogen-bond acceptors (Lipinski definition) is 2. The molecule has 0 saturated carbocycles. The number of unbranched alkanes of at least 4 members (excludes halogenated alkanes) is 5. The summed E-state index contributed by atoms with van der Waals surface area (Å²) >= 11 is 0. The van der Waals surface area contributed by atoms with Gasteiger partial charge in [-0.1, -0.05) is 25.7 Å². The van der Waals surface area contributed by atoms with Crippen molar-refractivity contribution in [3.8, 4) is 0 Å². The Bertz CT molecular complexity index is 158. The lowest BCUT2D eigenvalue weighted by Crippen LogP contribution is -2.09. The maximum atomic E-state index is 10.6. The summed E-state index contributed by atoms with van der Waals surface area (Å²) in [5.74, 6) is 0.0697. The highest BCUT2D eigenvalue weighted by Gasteiger charge is 1.96. The van der Waals surface area contributed by atoms with E-state index in [1.165, 1.54) is 0 Å². The van der Waals surface area contributed by atoms with Crippen molar-refractivity contribution in [3.05, 3.63) is 0 Å². The Morgan fingerprint density at radius 2 is 1.29 bits per heavy atom. The van der Waals surface area contributed by atoms with Crippen LogP contribution >= 0.6 is 0 Å². The minimum atomic E-state index is -0.207. The van der Waals surface area contributed by atoms with E-state index >= 15 is 0 Å². The molecule has 0 radical (unpaired) electrons. The first-order valence-corrected chi connectivity index (χ1v) is 5.40. The largest absolute Gasteiger partial charge is 0.370 e. The van der Waals surface area contributed by atoms with Crippen molar-refractivity contribution < 1.29 is 9.59 Å². The molecule has 14 heavy (non-hydrogen) atoms. The highest BCUT2D eigenvalue weighted by molar-refractivity contribution is 5.75. The van der Waals surface area contributed by atoms with Gasteiger partial charge < -0.3 is 10.5 Å². The Hall–Kier alpha value is -0.860. The molecule has 0 spiro atoms. The molecule has 0 aromatic carbocycles. The van der Waals surface area contributed by atoms with Gasteiger partial charge in [0.2, 0.25) is 5.91 Å². The second-order valence-corrected chi connectivity index (χ2v) is 3.79. The van der Waals surface area contributed by atoms with Gasteiger partial charge in [0, 0.05) is 12.8 Å². The molecule has 0 aromatic heterocycles. The van der Waals surface area contributed by atoms with Crippen LogP contribution in [0.4, 0.5) is 0 Å². The van der Waals surface area contributed by atoms with Gasteiger partial charge >= 0.3 is 0 Å². The van der Waals surface area contributed by atoms with Crippen molar-refractivity contribution in [1.82, 2.24) is 0 Å². The van der Waals surface area contributed by atoms with Crippen LogP contribution in [0.25, 0.3) is 0 Å². The van der Waals surface area contributed by atoms with E-state index in [1.54, 1.807) is 6.92 Å². The van der Waals surface area contributed by atoms with E-state index in [0.717, 1.165) is 38.5 Å². The van der Waals surface area contributed by atoms with Crippen LogP contribution in [0.2, 0.25) is 0 Å². The summed E-state index contributed by atoms with van der Waals surface area (Å²) in [6.45, 7) is 1.63. The van der Waals surface area contributed by atoms with E-state index in [2.05, 4.69) is 0 Å². The summed E-state index contributed by atoms with van der Waals surface area (Å²) in [6.07, 6.45) is 7.62. The second kappa shape index (κ2) is 8.73. The molecule has 3 nitrogen and oxygen atoms in total. The van der Waals surface area contributed by atoms with Gasteiger partial charge in [0.15, 0.2) is 0 Å². The molecule has 0 aliphatic carbocycles. The predicted octanol–water partition coefficient (Wildman–Crippen LogP) is 2.18. The Labute approximate surface area is 86.1 Å². The average Bonchev–Trinajstić information content (AvgIpc) is 2.08. The number of carbonyl (C=O) groups is 2. The van der Waals surface area contributed by atoms with Crippen LogP contribution in [0.5, 0.6) is 0 Å². The van der Waals surface area contributed by atoms with E-state index in [9.17, 15) is 9.59 Å². The molecule has 0 bridgehead atoms. The number of ketones is 1. The standard InChI is InChI=1S/C11H21NO2/c1-10(13)8-6-4-2-3-5-7-9-11(12)14/h2-9H2,1H3,(H2,12,14). The van der Waals surface area contributed by atoms with E-state index < -0.39 is 0 Å². The minimum Gasteiger partial charge on any atom is -0.370 e. The van der Waals surface area contributed by atoms with Crippen molar-refractivity contribution in [3.63, 3.8) is 0 Å². The number of Topliss-reactive ketones (excluding diaryl/α,β-unsaturated/α-hetero) is 1. The SMILES string of the molecule is CC(=O)CCCCCCCCC(N)=O. The summed E-state index contributed by atoms with van der Waals surface area (Å²) in [5, 5.41) is 0. The van der Waals surface area contributed by atoms with Crippen molar-refractivity contribution in [2.45, 2.75) is 58.3 Å². The molecule has 2 N–H and O–H groups in total. The van der Waals surface area contributed by atoms with Crippen LogP contribution < -0.4 is 5.73 Å². The van der Waals surface area contributed by atoms with Gasteiger partial charge in [0.1, 0.15) is 5.78 Å². The summed E-state index contributed by atoms with van der Waals surface area (Å²) in [5.41, 5.74) is 5.01. The zero-order chi connectivity index (χ0) is 10.8. The lowest BCUT2D eigenvalue weighted by atomic mass is 10.1. The third-order valence-electron chi connectivity index (χ3n) is 2.20. The first-order valence-electron chi connectivity index (χ1n) is 5.40. The Balaban J connectivity index is 2.99. The van der Waals surface area contributed by atoms with Gasteiger partial charge in [-0.2, -0.15) is 0 Å². The number of carbonyl (C=O) groups excluding carboxylic acids is 2. The van der Waals surface area contributed by atoms with Crippen LogP contribution in [0.15, 0.2) is 0 Å². The van der Waals surface area contributed by atoms with Gasteiger partial charge in [-0.25, -0.2) is 0 Å². The maximum Gasteiger partial charge on any atom is 0.217 e. The van der Waals surface area contributed by atoms with Gasteiger partial charge in [-0.15, -0.1) is 0 Å². The van der Waals surface area contributed by atoms with Gasteiger partial charge in [-0.05, 0) is 19.8 Å². The zero-order valence-electron chi connectivity index (χ0n) is 9.05. The molecule has 0 unspecified atom stereocenters. The first kappa shape index (κ1) is 13.1. The van der Waals surface area contributed by atoms with Crippen molar-refractivity contribution in [2.24, 2.45) is 5.73 Å². The third kappa shape index (κ3) is 11.1. The first-order chi connectivity index (χ1) is 6.63.